The molecule has 1 amide bonds. The number of halogens is 2. The standard InChI is InChI=1S/C20H24Cl2N2O3S/c1-28(26,27)24(18-12-10-17(21)11-13-18)15-5-9-20(25)23-14-4-7-16-6-2-3-8-19(16)22/h2-3,6,8,10-13H,4-5,7,9,14-15H2,1H3,(H,23,25). The van der Waals surface area contributed by atoms with Crippen molar-refractivity contribution in [2.24, 2.45) is 0 Å². The number of rotatable bonds is 10. The van der Waals surface area contributed by atoms with E-state index in [-0.39, 0.29) is 18.9 Å². The molecular formula is C20H24Cl2N2O3S. The summed E-state index contributed by atoms with van der Waals surface area (Å²) in [4.78, 5) is 12.0. The zero-order valence-corrected chi connectivity index (χ0v) is 18.0. The molecule has 0 fully saturated rings. The molecule has 2 rings (SSSR count). The Kier molecular flexibility index (Phi) is 8.60. The van der Waals surface area contributed by atoms with Gasteiger partial charge < -0.3 is 5.32 Å². The molecule has 5 nitrogen and oxygen atoms in total. The van der Waals surface area contributed by atoms with Crippen molar-refractivity contribution in [2.75, 3.05) is 23.7 Å². The zero-order chi connectivity index (χ0) is 20.6. The van der Waals surface area contributed by atoms with Crippen LogP contribution in [-0.4, -0.2) is 33.7 Å². The molecule has 0 radical (unpaired) electrons. The van der Waals surface area contributed by atoms with Crippen LogP contribution in [0.4, 0.5) is 5.69 Å². The van der Waals surface area contributed by atoms with Crippen LogP contribution in [-0.2, 0) is 21.2 Å². The Morgan fingerprint density at radius 2 is 1.71 bits per heavy atom. The molecule has 0 bridgehead atoms. The van der Waals surface area contributed by atoms with Crippen molar-refractivity contribution in [1.82, 2.24) is 5.32 Å². The van der Waals surface area contributed by atoms with E-state index < -0.39 is 10.0 Å². The van der Waals surface area contributed by atoms with Crippen molar-refractivity contribution >= 4 is 44.8 Å². The summed E-state index contributed by atoms with van der Waals surface area (Å²) in [5.41, 5.74) is 1.59. The lowest BCUT2D eigenvalue weighted by atomic mass is 10.1. The molecule has 0 heterocycles. The summed E-state index contributed by atoms with van der Waals surface area (Å²) in [6, 6.07) is 14.2. The quantitative estimate of drug-likeness (QED) is 0.558. The molecule has 0 aliphatic heterocycles. The summed E-state index contributed by atoms with van der Waals surface area (Å²) in [5.74, 6) is -0.0938. The van der Waals surface area contributed by atoms with Gasteiger partial charge in [-0.1, -0.05) is 41.4 Å². The number of nitrogens with one attached hydrogen (secondary N) is 1. The van der Waals surface area contributed by atoms with E-state index in [0.717, 1.165) is 29.7 Å². The Balaban J connectivity index is 1.75. The highest BCUT2D eigenvalue weighted by molar-refractivity contribution is 7.92. The summed E-state index contributed by atoms with van der Waals surface area (Å²) in [6.45, 7) is 0.782. The van der Waals surface area contributed by atoms with Crippen molar-refractivity contribution < 1.29 is 13.2 Å². The smallest absolute Gasteiger partial charge is 0.232 e. The molecule has 2 aromatic rings. The highest BCUT2D eigenvalue weighted by Crippen LogP contribution is 2.21. The van der Waals surface area contributed by atoms with Crippen LogP contribution < -0.4 is 9.62 Å². The lowest BCUT2D eigenvalue weighted by Crippen LogP contribution is -2.32. The molecule has 2 aromatic carbocycles. The fraction of sp³-hybridized carbons (Fsp3) is 0.350. The van der Waals surface area contributed by atoms with Crippen LogP contribution >= 0.6 is 23.2 Å². The number of benzene rings is 2. The Morgan fingerprint density at radius 3 is 2.36 bits per heavy atom. The number of sulfonamides is 1. The van der Waals surface area contributed by atoms with Gasteiger partial charge in [0, 0.05) is 29.6 Å². The van der Waals surface area contributed by atoms with Gasteiger partial charge in [0.15, 0.2) is 0 Å². The molecule has 1 N–H and O–H groups in total. The minimum Gasteiger partial charge on any atom is -0.356 e. The van der Waals surface area contributed by atoms with Gasteiger partial charge in [-0.3, -0.25) is 9.10 Å². The van der Waals surface area contributed by atoms with Gasteiger partial charge in [-0.15, -0.1) is 0 Å². The molecule has 0 atom stereocenters. The van der Waals surface area contributed by atoms with E-state index in [4.69, 9.17) is 23.2 Å². The van der Waals surface area contributed by atoms with Gasteiger partial charge in [-0.25, -0.2) is 8.42 Å². The maximum Gasteiger partial charge on any atom is 0.232 e. The van der Waals surface area contributed by atoms with E-state index in [9.17, 15) is 13.2 Å². The van der Waals surface area contributed by atoms with Crippen molar-refractivity contribution in [3.05, 3.63) is 64.1 Å². The van der Waals surface area contributed by atoms with Gasteiger partial charge >= 0.3 is 0 Å². The predicted octanol–water partition coefficient (Wildman–Crippen LogP) is 4.29. The number of anilines is 1. The molecule has 0 unspecified atom stereocenters. The highest BCUT2D eigenvalue weighted by Gasteiger charge is 2.17. The zero-order valence-electron chi connectivity index (χ0n) is 15.7. The van der Waals surface area contributed by atoms with Crippen LogP contribution in [0.3, 0.4) is 0 Å². The molecule has 8 heteroatoms. The van der Waals surface area contributed by atoms with E-state index in [0.29, 0.717) is 23.7 Å². The normalized spacial score (nSPS) is 11.2. The van der Waals surface area contributed by atoms with Crippen LogP contribution in [0.15, 0.2) is 48.5 Å². The first-order valence-corrected chi connectivity index (χ1v) is 11.6. The third kappa shape index (κ3) is 7.34. The van der Waals surface area contributed by atoms with Crippen LogP contribution in [0.25, 0.3) is 0 Å². The number of hydrogen-bond donors (Lipinski definition) is 1. The minimum atomic E-state index is -3.44. The summed E-state index contributed by atoms with van der Waals surface area (Å²) in [5, 5.41) is 4.13. The molecule has 0 saturated carbocycles. The monoisotopic (exact) mass is 442 g/mol. The van der Waals surface area contributed by atoms with Crippen molar-refractivity contribution in [3.63, 3.8) is 0 Å². The van der Waals surface area contributed by atoms with Crippen LogP contribution in [0.2, 0.25) is 10.0 Å². The van der Waals surface area contributed by atoms with E-state index in [1.807, 2.05) is 24.3 Å². The maximum absolute atomic E-state index is 12.0. The minimum absolute atomic E-state index is 0.0938. The number of hydrogen-bond acceptors (Lipinski definition) is 3. The number of carbonyl (C=O) groups is 1. The van der Waals surface area contributed by atoms with Gasteiger partial charge in [0.2, 0.25) is 15.9 Å². The molecule has 28 heavy (non-hydrogen) atoms. The Morgan fingerprint density at radius 1 is 1.04 bits per heavy atom. The number of aryl methyl sites for hydroxylation is 1. The topological polar surface area (TPSA) is 66.5 Å². The molecule has 0 aliphatic rings. The van der Waals surface area contributed by atoms with Gasteiger partial charge in [0.1, 0.15) is 0 Å². The lowest BCUT2D eigenvalue weighted by molar-refractivity contribution is -0.121. The predicted molar refractivity (Wildman–Crippen MR) is 116 cm³/mol. The van der Waals surface area contributed by atoms with E-state index in [2.05, 4.69) is 5.32 Å². The van der Waals surface area contributed by atoms with Crippen molar-refractivity contribution in [3.8, 4) is 0 Å². The third-order valence-electron chi connectivity index (χ3n) is 4.18. The average Bonchev–Trinajstić information content (AvgIpc) is 2.64. The van der Waals surface area contributed by atoms with Gasteiger partial charge in [-0.2, -0.15) is 0 Å². The summed E-state index contributed by atoms with van der Waals surface area (Å²) in [7, 11) is -3.44. The second-order valence-corrected chi connectivity index (χ2v) is 9.21. The molecule has 0 saturated heterocycles. The highest BCUT2D eigenvalue weighted by atomic mass is 35.5. The molecule has 0 aromatic heterocycles. The van der Waals surface area contributed by atoms with Crippen molar-refractivity contribution in [2.45, 2.75) is 25.7 Å². The first-order valence-electron chi connectivity index (χ1n) is 9.01. The van der Waals surface area contributed by atoms with Crippen molar-refractivity contribution in [1.29, 1.82) is 0 Å². The van der Waals surface area contributed by atoms with Gasteiger partial charge in [-0.05, 0) is 55.2 Å². The molecular weight excluding hydrogens is 419 g/mol. The fourth-order valence-electron chi connectivity index (χ4n) is 2.77. The average molecular weight is 443 g/mol. The Bertz CT molecular complexity index is 887. The molecule has 0 spiro atoms. The third-order valence-corrected chi connectivity index (χ3v) is 6.00. The van der Waals surface area contributed by atoms with Crippen LogP contribution in [0.5, 0.6) is 0 Å². The molecule has 152 valence electrons. The Hall–Kier alpha value is -1.76. The first kappa shape index (κ1) is 22.5. The summed E-state index contributed by atoms with van der Waals surface area (Å²) < 4.78 is 25.4. The Labute approximate surface area is 176 Å². The van der Waals surface area contributed by atoms with Crippen LogP contribution in [0.1, 0.15) is 24.8 Å². The maximum atomic E-state index is 12.0. The summed E-state index contributed by atoms with van der Waals surface area (Å²) in [6.07, 6.45) is 3.40. The van der Waals surface area contributed by atoms with Crippen LogP contribution in [0, 0.1) is 0 Å². The second-order valence-electron chi connectivity index (χ2n) is 6.46. The van der Waals surface area contributed by atoms with E-state index in [1.165, 1.54) is 4.31 Å². The summed E-state index contributed by atoms with van der Waals surface area (Å²) >= 11 is 12.0. The number of carbonyl (C=O) groups excluding carboxylic acids is 1. The molecule has 0 aliphatic carbocycles. The van der Waals surface area contributed by atoms with Gasteiger partial charge in [0.25, 0.3) is 0 Å². The fourth-order valence-corrected chi connectivity index (χ4v) is 4.09. The van der Waals surface area contributed by atoms with E-state index >= 15 is 0 Å². The first-order chi connectivity index (χ1) is 13.3. The number of amides is 1. The lowest BCUT2D eigenvalue weighted by Gasteiger charge is -2.22. The van der Waals surface area contributed by atoms with E-state index in [1.54, 1.807) is 24.3 Å². The second kappa shape index (κ2) is 10.7. The van der Waals surface area contributed by atoms with Gasteiger partial charge in [0.05, 0.1) is 11.9 Å². The largest absolute Gasteiger partial charge is 0.356 e. The SMILES string of the molecule is CS(=O)(=O)N(CCCC(=O)NCCCc1ccccc1Cl)c1ccc(Cl)cc1. The number of nitrogens with zero attached hydrogens (tertiary/aromatic N) is 1.